The van der Waals surface area contributed by atoms with Crippen LogP contribution in [0.4, 0.5) is 18.9 Å². The van der Waals surface area contributed by atoms with Gasteiger partial charge in [0, 0.05) is 5.56 Å². The summed E-state index contributed by atoms with van der Waals surface area (Å²) in [5.41, 5.74) is -0.130. The van der Waals surface area contributed by atoms with Gasteiger partial charge in [-0.2, -0.15) is 13.2 Å². The third-order valence-corrected chi connectivity index (χ3v) is 5.53. The molecule has 1 aliphatic rings. The molecule has 1 fully saturated rings. The van der Waals surface area contributed by atoms with Crippen LogP contribution in [0, 0.1) is 0 Å². The number of alkyl halides is 3. The van der Waals surface area contributed by atoms with Crippen molar-refractivity contribution in [2.24, 2.45) is 0 Å². The van der Waals surface area contributed by atoms with Crippen molar-refractivity contribution in [3.63, 3.8) is 0 Å². The zero-order valence-corrected chi connectivity index (χ0v) is 17.7. The van der Waals surface area contributed by atoms with Gasteiger partial charge in [-0.25, -0.2) is 4.79 Å². The van der Waals surface area contributed by atoms with Crippen LogP contribution in [0.5, 0.6) is 0 Å². The molecule has 2 aromatic carbocycles. The Balaban J connectivity index is 1.49. The molecule has 1 aliphatic carbocycles. The van der Waals surface area contributed by atoms with Crippen LogP contribution in [-0.2, 0) is 10.9 Å². The topological polar surface area (TPSA) is 68.5 Å². The molecule has 3 aromatic rings. The average Bonchev–Trinajstić information content (AvgIpc) is 3.30. The van der Waals surface area contributed by atoms with E-state index in [1.54, 1.807) is 24.3 Å². The van der Waals surface area contributed by atoms with Crippen LogP contribution in [-0.4, -0.2) is 18.0 Å². The highest BCUT2D eigenvalue weighted by Crippen LogP contribution is 2.33. The number of furan rings is 1. The summed E-state index contributed by atoms with van der Waals surface area (Å²) in [7, 11) is 0. The van der Waals surface area contributed by atoms with Gasteiger partial charge in [0.2, 0.25) is 0 Å². The number of rotatable bonds is 5. The van der Waals surface area contributed by atoms with Gasteiger partial charge in [0.1, 0.15) is 11.9 Å². The van der Waals surface area contributed by atoms with Crippen molar-refractivity contribution >= 4 is 17.6 Å². The molecule has 1 amide bonds. The van der Waals surface area contributed by atoms with Crippen molar-refractivity contribution in [1.82, 2.24) is 0 Å². The second-order valence-corrected chi connectivity index (χ2v) is 7.91. The van der Waals surface area contributed by atoms with E-state index in [0.29, 0.717) is 0 Å². The first-order chi connectivity index (χ1) is 15.8. The van der Waals surface area contributed by atoms with E-state index in [4.69, 9.17) is 9.15 Å². The predicted octanol–water partition coefficient (Wildman–Crippen LogP) is 6.71. The lowest BCUT2D eigenvalue weighted by Gasteiger charge is -2.22. The quantitative estimate of drug-likeness (QED) is 0.433. The van der Waals surface area contributed by atoms with Crippen LogP contribution in [0.25, 0.3) is 11.3 Å². The van der Waals surface area contributed by atoms with Gasteiger partial charge in [0.15, 0.2) is 5.76 Å². The maximum atomic E-state index is 13.0. The molecule has 1 saturated carbocycles. The molecule has 33 heavy (non-hydrogen) atoms. The van der Waals surface area contributed by atoms with Crippen molar-refractivity contribution in [3.8, 4) is 11.3 Å². The third kappa shape index (κ3) is 5.45. The lowest BCUT2D eigenvalue weighted by Crippen LogP contribution is -2.22. The molecule has 1 N–H and O–H groups in total. The monoisotopic (exact) mass is 457 g/mol. The SMILES string of the molecule is O=C(Nc1ccccc1C(=O)OC1CCCCC1)c1ccc(-c2cccc(C(F)(F)F)c2)o1. The van der Waals surface area contributed by atoms with Gasteiger partial charge in [-0.05, 0) is 62.1 Å². The largest absolute Gasteiger partial charge is 0.459 e. The van der Waals surface area contributed by atoms with E-state index in [1.807, 2.05) is 0 Å². The number of ether oxygens (including phenoxy) is 1. The predicted molar refractivity (Wildman–Crippen MR) is 116 cm³/mol. The molecule has 0 unspecified atom stereocenters. The van der Waals surface area contributed by atoms with Crippen molar-refractivity contribution in [1.29, 1.82) is 0 Å². The standard InChI is InChI=1S/C25H22F3NO4/c26-25(27,28)17-8-6-7-16(15-17)21-13-14-22(33-21)23(30)29-20-12-5-4-11-19(20)24(31)32-18-9-2-1-3-10-18/h4-8,11-15,18H,1-3,9-10H2,(H,29,30). The van der Waals surface area contributed by atoms with E-state index >= 15 is 0 Å². The minimum absolute atomic E-state index is 0.0992. The number of anilines is 1. The van der Waals surface area contributed by atoms with Crippen LogP contribution < -0.4 is 5.32 Å². The van der Waals surface area contributed by atoms with Gasteiger partial charge in [-0.1, -0.05) is 30.7 Å². The summed E-state index contributed by atoms with van der Waals surface area (Å²) >= 11 is 0. The Kier molecular flexibility index (Phi) is 6.53. The highest BCUT2D eigenvalue weighted by molar-refractivity contribution is 6.06. The molecule has 0 atom stereocenters. The first kappa shape index (κ1) is 22.6. The van der Waals surface area contributed by atoms with Gasteiger partial charge in [0.05, 0.1) is 16.8 Å². The van der Waals surface area contributed by atoms with Crippen LogP contribution in [0.2, 0.25) is 0 Å². The minimum Gasteiger partial charge on any atom is -0.459 e. The summed E-state index contributed by atoms with van der Waals surface area (Å²) in [6.45, 7) is 0. The van der Waals surface area contributed by atoms with E-state index in [2.05, 4.69) is 5.32 Å². The van der Waals surface area contributed by atoms with E-state index < -0.39 is 23.6 Å². The molecular formula is C25H22F3NO4. The first-order valence-electron chi connectivity index (χ1n) is 10.7. The molecule has 0 spiro atoms. The van der Waals surface area contributed by atoms with Crippen molar-refractivity contribution in [3.05, 3.63) is 77.6 Å². The second-order valence-electron chi connectivity index (χ2n) is 7.91. The number of benzene rings is 2. The summed E-state index contributed by atoms with van der Waals surface area (Å²) in [5, 5.41) is 2.63. The van der Waals surface area contributed by atoms with E-state index in [-0.39, 0.29) is 34.4 Å². The zero-order valence-electron chi connectivity index (χ0n) is 17.7. The summed E-state index contributed by atoms with van der Waals surface area (Å²) < 4.78 is 50.0. The lowest BCUT2D eigenvalue weighted by atomic mass is 9.98. The molecule has 4 rings (SSSR count). The summed E-state index contributed by atoms with van der Waals surface area (Å²) in [6, 6.07) is 13.9. The van der Waals surface area contributed by atoms with Crippen LogP contribution >= 0.6 is 0 Å². The third-order valence-electron chi connectivity index (χ3n) is 5.53. The number of hydrogen-bond donors (Lipinski definition) is 1. The van der Waals surface area contributed by atoms with Gasteiger partial charge >= 0.3 is 12.1 Å². The van der Waals surface area contributed by atoms with Gasteiger partial charge < -0.3 is 14.5 Å². The van der Waals surface area contributed by atoms with E-state index in [9.17, 15) is 22.8 Å². The molecule has 0 bridgehead atoms. The molecular weight excluding hydrogens is 435 g/mol. The molecule has 1 aromatic heterocycles. The fourth-order valence-corrected chi connectivity index (χ4v) is 3.82. The molecule has 1 heterocycles. The summed E-state index contributed by atoms with van der Waals surface area (Å²) in [5.74, 6) is -1.12. The number of para-hydroxylation sites is 1. The van der Waals surface area contributed by atoms with Gasteiger partial charge in [-0.3, -0.25) is 4.79 Å². The Morgan fingerprint density at radius 3 is 2.45 bits per heavy atom. The number of esters is 1. The van der Waals surface area contributed by atoms with Crippen molar-refractivity contribution < 1.29 is 31.9 Å². The Hall–Kier alpha value is -3.55. The van der Waals surface area contributed by atoms with Crippen LogP contribution in [0.3, 0.4) is 0 Å². The zero-order chi connectivity index (χ0) is 23.4. The average molecular weight is 457 g/mol. The minimum atomic E-state index is -4.49. The normalized spacial score (nSPS) is 14.6. The van der Waals surface area contributed by atoms with Crippen molar-refractivity contribution in [2.75, 3.05) is 5.32 Å². The molecule has 0 saturated heterocycles. The van der Waals surface area contributed by atoms with E-state index in [1.165, 1.54) is 24.3 Å². The summed E-state index contributed by atoms with van der Waals surface area (Å²) in [4.78, 5) is 25.4. The van der Waals surface area contributed by atoms with Crippen LogP contribution in [0.15, 0.2) is 65.1 Å². The maximum absolute atomic E-state index is 13.0. The number of hydrogen-bond acceptors (Lipinski definition) is 4. The Morgan fingerprint density at radius 2 is 1.70 bits per heavy atom. The molecule has 0 radical (unpaired) electrons. The van der Waals surface area contributed by atoms with Crippen molar-refractivity contribution in [2.45, 2.75) is 44.4 Å². The Morgan fingerprint density at radius 1 is 0.939 bits per heavy atom. The Labute approximate surface area is 188 Å². The number of nitrogens with one attached hydrogen (secondary N) is 1. The lowest BCUT2D eigenvalue weighted by molar-refractivity contribution is -0.137. The maximum Gasteiger partial charge on any atom is 0.416 e. The number of carbonyl (C=O) groups excluding carboxylic acids is 2. The van der Waals surface area contributed by atoms with Gasteiger partial charge in [0.25, 0.3) is 5.91 Å². The highest BCUT2D eigenvalue weighted by Gasteiger charge is 2.30. The second kappa shape index (κ2) is 9.52. The number of amides is 1. The highest BCUT2D eigenvalue weighted by atomic mass is 19.4. The van der Waals surface area contributed by atoms with E-state index in [0.717, 1.165) is 44.2 Å². The molecule has 5 nitrogen and oxygen atoms in total. The number of carbonyl (C=O) groups is 2. The van der Waals surface area contributed by atoms with Gasteiger partial charge in [-0.15, -0.1) is 0 Å². The molecule has 8 heteroatoms. The molecule has 0 aliphatic heterocycles. The first-order valence-corrected chi connectivity index (χ1v) is 10.7. The smallest absolute Gasteiger partial charge is 0.416 e. The fraction of sp³-hybridized carbons (Fsp3) is 0.280. The Bertz CT molecular complexity index is 1150. The number of halogens is 3. The fourth-order valence-electron chi connectivity index (χ4n) is 3.82. The molecule has 172 valence electrons. The summed E-state index contributed by atoms with van der Waals surface area (Å²) in [6.07, 6.45) is 0.197. The van der Waals surface area contributed by atoms with Crippen LogP contribution in [0.1, 0.15) is 58.6 Å².